The average Bonchev–Trinajstić information content (AvgIpc) is 2.87. The van der Waals surface area contributed by atoms with E-state index in [1.807, 2.05) is 52.3 Å². The lowest BCUT2D eigenvalue weighted by Gasteiger charge is -2.33. The van der Waals surface area contributed by atoms with Crippen molar-refractivity contribution in [3.8, 4) is 5.75 Å². The van der Waals surface area contributed by atoms with E-state index in [1.165, 1.54) is 5.56 Å². The van der Waals surface area contributed by atoms with Crippen molar-refractivity contribution < 1.29 is 19.1 Å². The van der Waals surface area contributed by atoms with Gasteiger partial charge in [-0.25, -0.2) is 0 Å². The predicted molar refractivity (Wildman–Crippen MR) is 143 cm³/mol. The van der Waals surface area contributed by atoms with Crippen LogP contribution in [0.25, 0.3) is 0 Å². The summed E-state index contributed by atoms with van der Waals surface area (Å²) in [7, 11) is 1.66. The SMILES string of the molecule is COCCN1CCCCCCN(C(=O)CC(C)C)[C@@H](Cc2ccccc2)COc2ccccc2C1=O. The number of rotatable bonds is 7. The maximum absolute atomic E-state index is 13.5. The van der Waals surface area contributed by atoms with Gasteiger partial charge in [0.1, 0.15) is 12.4 Å². The molecule has 1 aliphatic heterocycles. The Kier molecular flexibility index (Phi) is 11.3. The van der Waals surface area contributed by atoms with Crippen molar-refractivity contribution in [1.29, 1.82) is 0 Å². The molecule has 0 aliphatic carbocycles. The number of benzene rings is 2. The highest BCUT2D eigenvalue weighted by Gasteiger charge is 2.27. The van der Waals surface area contributed by atoms with Gasteiger partial charge < -0.3 is 19.3 Å². The molecule has 0 bridgehead atoms. The molecule has 0 spiro atoms. The standard InChI is InChI=1S/C30H42N2O4/c1-24(2)21-29(33)32-18-12-5-4-11-17-31(19-20-35-3)30(34)27-15-9-10-16-28(27)36-23-26(32)22-25-13-7-6-8-14-25/h6-10,13-16,24,26H,4-5,11-12,17-23H2,1-3H3/t26-/m0/s1. The van der Waals surface area contributed by atoms with Gasteiger partial charge in [0.2, 0.25) is 5.91 Å². The molecule has 6 nitrogen and oxygen atoms in total. The molecule has 6 heteroatoms. The molecule has 0 aromatic heterocycles. The van der Waals surface area contributed by atoms with Crippen molar-refractivity contribution in [2.75, 3.05) is 40.0 Å². The molecular weight excluding hydrogens is 452 g/mol. The minimum Gasteiger partial charge on any atom is -0.491 e. The molecule has 2 aromatic rings. The number of nitrogens with zero attached hydrogens (tertiary/aromatic N) is 2. The van der Waals surface area contributed by atoms with E-state index < -0.39 is 0 Å². The fraction of sp³-hybridized carbons (Fsp3) is 0.533. The number of para-hydroxylation sites is 1. The molecule has 0 saturated carbocycles. The summed E-state index contributed by atoms with van der Waals surface area (Å²) in [6, 6.07) is 17.6. The molecule has 36 heavy (non-hydrogen) atoms. The molecule has 3 rings (SSSR count). The Morgan fingerprint density at radius 2 is 1.69 bits per heavy atom. The van der Waals surface area contributed by atoms with E-state index in [-0.39, 0.29) is 17.9 Å². The minimum atomic E-state index is -0.116. The molecule has 0 fully saturated rings. The van der Waals surface area contributed by atoms with Crippen molar-refractivity contribution >= 4 is 11.8 Å². The predicted octanol–water partition coefficient (Wildman–Crippen LogP) is 5.21. The van der Waals surface area contributed by atoms with Crippen molar-refractivity contribution in [3.63, 3.8) is 0 Å². The Labute approximate surface area is 216 Å². The first kappa shape index (κ1) is 27.7. The third-order valence-electron chi connectivity index (χ3n) is 6.64. The van der Waals surface area contributed by atoms with Crippen LogP contribution in [0.1, 0.15) is 61.9 Å². The maximum atomic E-state index is 13.5. The van der Waals surface area contributed by atoms with Gasteiger partial charge in [-0.05, 0) is 42.9 Å². The van der Waals surface area contributed by atoms with Gasteiger partial charge in [-0.2, -0.15) is 0 Å². The first-order valence-corrected chi connectivity index (χ1v) is 13.3. The minimum absolute atomic E-state index is 0.0351. The molecule has 196 valence electrons. The van der Waals surface area contributed by atoms with E-state index in [1.54, 1.807) is 7.11 Å². The van der Waals surface area contributed by atoms with Crippen LogP contribution in [0, 0.1) is 5.92 Å². The van der Waals surface area contributed by atoms with E-state index in [4.69, 9.17) is 9.47 Å². The zero-order valence-corrected chi connectivity index (χ0v) is 22.2. The topological polar surface area (TPSA) is 59.1 Å². The number of methoxy groups -OCH3 is 1. The first-order valence-electron chi connectivity index (χ1n) is 13.3. The number of ether oxygens (including phenoxy) is 2. The summed E-state index contributed by atoms with van der Waals surface area (Å²) < 4.78 is 11.6. The normalized spacial score (nSPS) is 17.9. The molecule has 0 radical (unpaired) electrons. The molecule has 1 heterocycles. The van der Waals surface area contributed by atoms with Crippen molar-refractivity contribution in [1.82, 2.24) is 9.80 Å². The van der Waals surface area contributed by atoms with Crippen LogP contribution in [0.4, 0.5) is 0 Å². The summed E-state index contributed by atoms with van der Waals surface area (Å²) in [5, 5.41) is 0. The third kappa shape index (κ3) is 8.37. The Bertz CT molecular complexity index is 947. The van der Waals surface area contributed by atoms with E-state index in [2.05, 4.69) is 26.0 Å². The van der Waals surface area contributed by atoms with Crippen molar-refractivity contribution in [3.05, 3.63) is 65.7 Å². The monoisotopic (exact) mass is 494 g/mol. The van der Waals surface area contributed by atoms with E-state index in [0.29, 0.717) is 56.4 Å². The Hall–Kier alpha value is -2.86. The number of carbonyl (C=O) groups excluding carboxylic acids is 2. The fourth-order valence-electron chi connectivity index (χ4n) is 4.70. The largest absolute Gasteiger partial charge is 0.491 e. The lowest BCUT2D eigenvalue weighted by Crippen LogP contribution is -2.46. The molecule has 2 amide bonds. The molecule has 0 unspecified atom stereocenters. The molecular formula is C30H42N2O4. The number of carbonyl (C=O) groups is 2. The van der Waals surface area contributed by atoms with Gasteiger partial charge in [0.15, 0.2) is 0 Å². The van der Waals surface area contributed by atoms with Gasteiger partial charge in [-0.3, -0.25) is 9.59 Å². The van der Waals surface area contributed by atoms with Crippen LogP contribution in [0.5, 0.6) is 5.75 Å². The number of amides is 2. The van der Waals surface area contributed by atoms with Gasteiger partial charge >= 0.3 is 0 Å². The Morgan fingerprint density at radius 1 is 1.00 bits per heavy atom. The molecule has 0 N–H and O–H groups in total. The van der Waals surface area contributed by atoms with Crippen LogP contribution in [0.2, 0.25) is 0 Å². The quantitative estimate of drug-likeness (QED) is 0.530. The molecule has 0 saturated heterocycles. The van der Waals surface area contributed by atoms with Crippen LogP contribution in [0.3, 0.4) is 0 Å². The van der Waals surface area contributed by atoms with Gasteiger partial charge in [0.25, 0.3) is 5.91 Å². The summed E-state index contributed by atoms with van der Waals surface area (Å²) in [6.07, 6.45) is 5.14. The second kappa shape index (κ2) is 14.6. The fourth-order valence-corrected chi connectivity index (χ4v) is 4.70. The number of fused-ring (bicyclic) bond motifs is 1. The van der Waals surface area contributed by atoms with Crippen LogP contribution in [-0.4, -0.2) is 67.6 Å². The van der Waals surface area contributed by atoms with Crippen LogP contribution in [-0.2, 0) is 16.0 Å². The Morgan fingerprint density at radius 3 is 2.42 bits per heavy atom. The lowest BCUT2D eigenvalue weighted by atomic mass is 10.0. The second-order valence-corrected chi connectivity index (χ2v) is 10.0. The van der Waals surface area contributed by atoms with E-state index in [0.717, 1.165) is 32.2 Å². The zero-order chi connectivity index (χ0) is 25.8. The highest BCUT2D eigenvalue weighted by Crippen LogP contribution is 2.23. The smallest absolute Gasteiger partial charge is 0.257 e. The zero-order valence-electron chi connectivity index (χ0n) is 22.2. The maximum Gasteiger partial charge on any atom is 0.257 e. The molecule has 1 aliphatic rings. The van der Waals surface area contributed by atoms with Gasteiger partial charge in [-0.1, -0.05) is 69.2 Å². The lowest BCUT2D eigenvalue weighted by molar-refractivity contribution is -0.135. The number of hydrogen-bond donors (Lipinski definition) is 0. The highest BCUT2D eigenvalue weighted by molar-refractivity contribution is 5.97. The second-order valence-electron chi connectivity index (χ2n) is 10.0. The van der Waals surface area contributed by atoms with Gasteiger partial charge in [0.05, 0.1) is 18.2 Å². The summed E-state index contributed by atoms with van der Waals surface area (Å²) >= 11 is 0. The van der Waals surface area contributed by atoms with Crippen LogP contribution >= 0.6 is 0 Å². The van der Waals surface area contributed by atoms with Gasteiger partial charge in [-0.15, -0.1) is 0 Å². The number of hydrogen-bond acceptors (Lipinski definition) is 4. The average molecular weight is 495 g/mol. The summed E-state index contributed by atoms with van der Waals surface area (Å²) in [4.78, 5) is 30.8. The van der Waals surface area contributed by atoms with Crippen LogP contribution in [0.15, 0.2) is 54.6 Å². The van der Waals surface area contributed by atoms with Crippen molar-refractivity contribution in [2.24, 2.45) is 5.92 Å². The van der Waals surface area contributed by atoms with Crippen LogP contribution < -0.4 is 4.74 Å². The first-order chi connectivity index (χ1) is 17.5. The molecule has 1 atom stereocenters. The van der Waals surface area contributed by atoms with Crippen molar-refractivity contribution in [2.45, 2.75) is 58.4 Å². The highest BCUT2D eigenvalue weighted by atomic mass is 16.5. The third-order valence-corrected chi connectivity index (χ3v) is 6.64. The summed E-state index contributed by atoms with van der Waals surface area (Å²) in [5.74, 6) is 1.00. The Balaban J connectivity index is 1.91. The van der Waals surface area contributed by atoms with E-state index in [9.17, 15) is 9.59 Å². The van der Waals surface area contributed by atoms with E-state index >= 15 is 0 Å². The summed E-state index contributed by atoms with van der Waals surface area (Å²) in [5.41, 5.74) is 1.73. The summed E-state index contributed by atoms with van der Waals surface area (Å²) in [6.45, 7) is 6.97. The van der Waals surface area contributed by atoms with Gasteiger partial charge in [0, 0.05) is 33.2 Å². The molecule has 2 aromatic carbocycles.